The van der Waals surface area contributed by atoms with Gasteiger partial charge in [-0.15, -0.1) is 0 Å². The van der Waals surface area contributed by atoms with Gasteiger partial charge in [0.25, 0.3) is 0 Å². The van der Waals surface area contributed by atoms with Crippen LogP contribution >= 0.6 is 22.8 Å². The number of hydrogen-bond acceptors (Lipinski definition) is 17. The van der Waals surface area contributed by atoms with Crippen molar-refractivity contribution in [2.45, 2.75) is 99.8 Å². The van der Waals surface area contributed by atoms with Crippen LogP contribution in [0.5, 0.6) is 0 Å². The Balaban J connectivity index is 0.000000193. The van der Waals surface area contributed by atoms with Gasteiger partial charge in [-0.05, 0) is 20.8 Å². The highest BCUT2D eigenvalue weighted by Gasteiger charge is 2.62. The molecule has 20 heteroatoms. The molecule has 5 aliphatic rings. The number of ether oxygens (including phenoxy) is 8. The van der Waals surface area contributed by atoms with Gasteiger partial charge in [-0.25, -0.2) is 0 Å². The zero-order valence-electron chi connectivity index (χ0n) is 28.4. The molecule has 5 fully saturated rings. The van der Waals surface area contributed by atoms with E-state index in [2.05, 4.69) is 0 Å². The Morgan fingerprint density at radius 2 is 1.21 bits per heavy atom. The van der Waals surface area contributed by atoms with Gasteiger partial charge >= 0.3 is 0 Å². The molecule has 0 aromatic heterocycles. The molecule has 5 aliphatic heterocycles. The van der Waals surface area contributed by atoms with Gasteiger partial charge in [0.05, 0.1) is 57.5 Å². The SMILES string of the molecule is COC[C@H]1O[C@@H](C)CC1OP(C)(=O)[O-].COC[C@]12CCO[C@@H](C1OP(C)(=O)[O-])[C@H](C)O2.COC[C@]12CO[C@@H](C1OP(C)(=O)[O-])[C@H](C)O2. The van der Waals surface area contributed by atoms with Crippen molar-refractivity contribution in [2.24, 2.45) is 0 Å². The molecule has 6 unspecified atom stereocenters. The van der Waals surface area contributed by atoms with Crippen molar-refractivity contribution in [1.82, 2.24) is 0 Å². The minimum atomic E-state index is -3.83. The fourth-order valence-corrected chi connectivity index (χ4v) is 8.78. The Kier molecular flexibility index (Phi) is 14.7. The third-order valence-electron chi connectivity index (χ3n) is 8.19. The standard InChI is InChI=1S/C10H19O6P.C9H17O6P.C8H17O5P/c1-7-8-9(16-17(3,11)12)10(15-7,6-13-2)4-5-14-8;1-6-7-8(15-16(3,10)11)9(14-6,4-12-2)5-13-7;1-6-4-7(13-14(3,9)10)8(12-6)5-11-2/h7-9H,4-6H2,1-3H3,(H,11,12);6-8H,4-5H2,1-3H3,(H,10,11);6-8H,4-5H2,1-3H3,(H,9,10)/p-3/t7-,8+,9?,10+;6-,7+,8?,9-;6-,7?,8+/m000/s1. The monoisotopic (exact) mass is 739 g/mol. The van der Waals surface area contributed by atoms with Gasteiger partial charge in [-0.3, -0.25) is 0 Å². The maximum Gasteiger partial charge on any atom is 0.144 e. The number of rotatable bonds is 12. The fourth-order valence-electron chi connectivity index (χ4n) is 6.62. The molecule has 47 heavy (non-hydrogen) atoms. The molecule has 14 atom stereocenters. The summed E-state index contributed by atoms with van der Waals surface area (Å²) in [6, 6.07) is 0. The third kappa shape index (κ3) is 11.3. The summed E-state index contributed by atoms with van der Waals surface area (Å²) >= 11 is 0. The highest BCUT2D eigenvalue weighted by atomic mass is 31.2. The van der Waals surface area contributed by atoms with E-state index in [0.717, 1.165) is 20.0 Å². The lowest BCUT2D eigenvalue weighted by Gasteiger charge is -2.40. The second-order valence-electron chi connectivity index (χ2n) is 12.7. The first kappa shape index (κ1) is 41.5. The van der Waals surface area contributed by atoms with E-state index in [1.54, 1.807) is 14.2 Å². The average molecular weight is 740 g/mol. The first-order chi connectivity index (χ1) is 21.7. The predicted octanol–water partition coefficient (Wildman–Crippen LogP) is 0.284. The minimum absolute atomic E-state index is 0.0201. The van der Waals surface area contributed by atoms with E-state index >= 15 is 0 Å². The van der Waals surface area contributed by atoms with Gasteiger partial charge < -0.3 is 79.8 Å². The van der Waals surface area contributed by atoms with Crippen molar-refractivity contribution in [1.29, 1.82) is 0 Å². The second kappa shape index (κ2) is 16.6. The smallest absolute Gasteiger partial charge is 0.144 e. The van der Waals surface area contributed by atoms with Crippen molar-refractivity contribution >= 4 is 22.8 Å². The molecule has 5 saturated heterocycles. The largest absolute Gasteiger partial charge is 0.779 e. The molecule has 0 N–H and O–H groups in total. The Labute approximate surface area is 276 Å². The first-order valence-corrected chi connectivity index (χ1v) is 21.3. The molecule has 0 saturated carbocycles. The van der Waals surface area contributed by atoms with Crippen molar-refractivity contribution in [3.63, 3.8) is 0 Å². The van der Waals surface area contributed by atoms with E-state index in [4.69, 9.17) is 51.5 Å². The second-order valence-corrected chi connectivity index (χ2v) is 17.9. The van der Waals surface area contributed by atoms with Crippen LogP contribution in [0.25, 0.3) is 0 Å². The van der Waals surface area contributed by atoms with Crippen LogP contribution in [-0.4, -0.2) is 140 Å². The van der Waals surface area contributed by atoms with Crippen LogP contribution in [-0.2, 0) is 65.2 Å². The van der Waals surface area contributed by atoms with E-state index in [1.165, 1.54) is 7.11 Å². The van der Waals surface area contributed by atoms with E-state index < -0.39 is 52.3 Å². The van der Waals surface area contributed by atoms with Crippen LogP contribution < -0.4 is 14.7 Å². The molecular formula is C27H50O17P3-3. The van der Waals surface area contributed by atoms with E-state index in [1.807, 2.05) is 20.8 Å². The molecule has 278 valence electrons. The van der Waals surface area contributed by atoms with Crippen molar-refractivity contribution in [3.8, 4) is 0 Å². The zero-order chi connectivity index (χ0) is 35.4. The van der Waals surface area contributed by atoms with Gasteiger partial charge in [0, 0.05) is 54.2 Å². The Bertz CT molecular complexity index is 1140. The van der Waals surface area contributed by atoms with Crippen LogP contribution in [0.4, 0.5) is 0 Å². The van der Waals surface area contributed by atoms with Crippen LogP contribution in [0.15, 0.2) is 0 Å². The summed E-state index contributed by atoms with van der Waals surface area (Å²) in [5, 5.41) is 0. The van der Waals surface area contributed by atoms with Crippen molar-refractivity contribution < 1.29 is 79.8 Å². The number of methoxy groups -OCH3 is 3. The minimum Gasteiger partial charge on any atom is -0.779 e. The summed E-state index contributed by atoms with van der Waals surface area (Å²) < 4.78 is 91.8. The van der Waals surface area contributed by atoms with Gasteiger partial charge in [0.1, 0.15) is 64.5 Å². The van der Waals surface area contributed by atoms with E-state index in [0.29, 0.717) is 39.3 Å². The van der Waals surface area contributed by atoms with Crippen LogP contribution in [0.2, 0.25) is 0 Å². The molecule has 0 aliphatic carbocycles. The Hall–Kier alpha value is 0.130. The summed E-state index contributed by atoms with van der Waals surface area (Å²) in [5.41, 5.74) is -1.48. The van der Waals surface area contributed by atoms with Crippen LogP contribution in [0.1, 0.15) is 33.6 Å². The fraction of sp³-hybridized carbons (Fsp3) is 1.00. The molecule has 4 bridgehead atoms. The molecule has 0 spiro atoms. The molecule has 0 aromatic carbocycles. The summed E-state index contributed by atoms with van der Waals surface area (Å²) in [6.07, 6.45) is -1.76. The molecular weight excluding hydrogens is 689 g/mol. The maximum absolute atomic E-state index is 11.3. The Morgan fingerprint density at radius 1 is 0.723 bits per heavy atom. The third-order valence-corrected chi connectivity index (χ3v) is 10.1. The summed E-state index contributed by atoms with van der Waals surface area (Å²) in [7, 11) is -6.68. The van der Waals surface area contributed by atoms with Crippen LogP contribution in [0.3, 0.4) is 0 Å². The molecule has 0 aromatic rings. The summed E-state index contributed by atoms with van der Waals surface area (Å²) in [4.78, 5) is 33.5. The molecule has 5 rings (SSSR count). The normalized spacial score (nSPS) is 42.8. The topological polar surface area (TPSA) is 222 Å². The Morgan fingerprint density at radius 3 is 1.70 bits per heavy atom. The van der Waals surface area contributed by atoms with Crippen molar-refractivity contribution in [2.75, 3.05) is 74.4 Å². The van der Waals surface area contributed by atoms with Gasteiger partial charge in [0.2, 0.25) is 0 Å². The number of hydrogen-bond donors (Lipinski definition) is 0. The quantitative estimate of drug-likeness (QED) is 0.245. The van der Waals surface area contributed by atoms with Gasteiger partial charge in [0.15, 0.2) is 0 Å². The zero-order valence-corrected chi connectivity index (χ0v) is 31.1. The average Bonchev–Trinajstić information content (AvgIpc) is 3.53. The van der Waals surface area contributed by atoms with E-state index in [-0.39, 0.29) is 43.2 Å². The lowest BCUT2D eigenvalue weighted by Crippen LogP contribution is -2.53. The highest BCUT2D eigenvalue weighted by Crippen LogP contribution is 2.49. The summed E-state index contributed by atoms with van der Waals surface area (Å²) in [6.45, 7) is 10.5. The molecule has 17 nitrogen and oxygen atoms in total. The van der Waals surface area contributed by atoms with Gasteiger partial charge in [-0.2, -0.15) is 0 Å². The molecule has 0 radical (unpaired) electrons. The lowest BCUT2D eigenvalue weighted by atomic mass is 9.90. The molecule has 0 amide bonds. The highest BCUT2D eigenvalue weighted by molar-refractivity contribution is 7.50. The first-order valence-electron chi connectivity index (χ1n) is 15.3. The van der Waals surface area contributed by atoms with Gasteiger partial charge in [-0.1, -0.05) is 0 Å². The lowest BCUT2D eigenvalue weighted by molar-refractivity contribution is -0.217. The summed E-state index contributed by atoms with van der Waals surface area (Å²) in [5.74, 6) is 0. The maximum atomic E-state index is 11.3. The van der Waals surface area contributed by atoms with Crippen LogP contribution in [0, 0.1) is 0 Å². The number of fused-ring (bicyclic) bond motifs is 4. The van der Waals surface area contributed by atoms with Crippen molar-refractivity contribution in [3.05, 3.63) is 0 Å². The molecule has 5 heterocycles. The van der Waals surface area contributed by atoms with E-state index in [9.17, 15) is 28.4 Å². The predicted molar refractivity (Wildman–Crippen MR) is 160 cm³/mol.